The Morgan fingerprint density at radius 3 is 2.92 bits per heavy atom. The fourth-order valence-corrected chi connectivity index (χ4v) is 3.36. The molecular formula is C10H10BrNS. The lowest BCUT2D eigenvalue weighted by Gasteiger charge is -1.97. The van der Waals surface area contributed by atoms with E-state index in [-0.39, 0.29) is 0 Å². The van der Waals surface area contributed by atoms with Crippen molar-refractivity contribution >= 4 is 42.4 Å². The van der Waals surface area contributed by atoms with Crippen LogP contribution in [-0.4, -0.2) is 0 Å². The summed E-state index contributed by atoms with van der Waals surface area (Å²) in [5.41, 5.74) is 7.20. The van der Waals surface area contributed by atoms with E-state index in [4.69, 9.17) is 5.73 Å². The quantitative estimate of drug-likeness (QED) is 0.824. The summed E-state index contributed by atoms with van der Waals surface area (Å²) in [5, 5.41) is 2.23. The maximum absolute atomic E-state index is 5.93. The van der Waals surface area contributed by atoms with E-state index in [0.717, 1.165) is 15.9 Å². The lowest BCUT2D eigenvalue weighted by molar-refractivity contribution is 1.17. The van der Waals surface area contributed by atoms with E-state index < -0.39 is 0 Å². The second kappa shape index (κ2) is 3.31. The smallest absolute Gasteiger partial charge is 0.0901 e. The number of hydrogen-bond acceptors (Lipinski definition) is 2. The highest BCUT2D eigenvalue weighted by atomic mass is 79.9. The van der Waals surface area contributed by atoms with Crippen LogP contribution in [0.5, 0.6) is 0 Å². The molecule has 68 valence electrons. The van der Waals surface area contributed by atoms with Gasteiger partial charge in [0.25, 0.3) is 0 Å². The molecule has 0 radical (unpaired) electrons. The summed E-state index contributed by atoms with van der Waals surface area (Å²) in [4.78, 5) is 0. The van der Waals surface area contributed by atoms with E-state index >= 15 is 0 Å². The van der Waals surface area contributed by atoms with Crippen molar-refractivity contribution in [2.24, 2.45) is 0 Å². The second-order valence-electron chi connectivity index (χ2n) is 2.91. The van der Waals surface area contributed by atoms with Crippen LogP contribution in [0.3, 0.4) is 0 Å². The molecule has 0 aliphatic carbocycles. The molecule has 0 spiro atoms. The molecule has 13 heavy (non-hydrogen) atoms. The zero-order valence-corrected chi connectivity index (χ0v) is 9.71. The molecule has 0 fully saturated rings. The van der Waals surface area contributed by atoms with Crippen LogP contribution in [0.15, 0.2) is 22.7 Å². The second-order valence-corrected chi connectivity index (χ2v) is 4.85. The van der Waals surface area contributed by atoms with Crippen molar-refractivity contribution in [2.75, 3.05) is 5.73 Å². The molecule has 1 heterocycles. The third-order valence-electron chi connectivity index (χ3n) is 2.15. The van der Waals surface area contributed by atoms with Crippen LogP contribution in [0.4, 0.5) is 5.00 Å². The molecule has 0 atom stereocenters. The van der Waals surface area contributed by atoms with Crippen molar-refractivity contribution in [1.82, 2.24) is 0 Å². The highest BCUT2D eigenvalue weighted by Crippen LogP contribution is 2.37. The largest absolute Gasteiger partial charge is 0.390 e. The Kier molecular flexibility index (Phi) is 2.30. The number of nitrogens with two attached hydrogens (primary N) is 1. The normalized spacial score (nSPS) is 10.9. The summed E-state index contributed by atoms with van der Waals surface area (Å²) >= 11 is 5.22. The standard InChI is InChI=1S/C10H10BrNS/c1-2-6-9-7(11)4-3-5-8(9)13-10(6)12/h3-5H,2,12H2,1H3. The summed E-state index contributed by atoms with van der Waals surface area (Å²) in [7, 11) is 0. The number of nitrogen functional groups attached to an aromatic ring is 1. The third-order valence-corrected chi connectivity index (χ3v) is 3.84. The Labute approximate surface area is 89.7 Å². The predicted molar refractivity (Wildman–Crippen MR) is 63.3 cm³/mol. The van der Waals surface area contributed by atoms with E-state index in [1.54, 1.807) is 11.3 Å². The Morgan fingerprint density at radius 1 is 1.46 bits per heavy atom. The molecule has 0 bridgehead atoms. The van der Waals surface area contributed by atoms with E-state index in [0.29, 0.717) is 0 Å². The minimum absolute atomic E-state index is 0.949. The van der Waals surface area contributed by atoms with Gasteiger partial charge >= 0.3 is 0 Å². The Bertz CT molecular complexity index is 447. The molecule has 3 heteroatoms. The SMILES string of the molecule is CCc1c(N)sc2cccc(Br)c12. The zero-order chi connectivity index (χ0) is 9.42. The first-order valence-corrected chi connectivity index (χ1v) is 5.80. The molecule has 0 amide bonds. The molecule has 2 aromatic rings. The Morgan fingerprint density at radius 2 is 2.23 bits per heavy atom. The van der Waals surface area contributed by atoms with Crippen molar-refractivity contribution in [1.29, 1.82) is 0 Å². The maximum atomic E-state index is 5.93. The molecule has 2 N–H and O–H groups in total. The van der Waals surface area contributed by atoms with Crippen molar-refractivity contribution in [3.05, 3.63) is 28.2 Å². The average Bonchev–Trinajstić information content (AvgIpc) is 2.42. The fraction of sp³-hybridized carbons (Fsp3) is 0.200. The van der Waals surface area contributed by atoms with Gasteiger partial charge in [0.1, 0.15) is 0 Å². The minimum atomic E-state index is 0.949. The van der Waals surface area contributed by atoms with Crippen molar-refractivity contribution in [2.45, 2.75) is 13.3 Å². The minimum Gasteiger partial charge on any atom is -0.390 e. The van der Waals surface area contributed by atoms with E-state index in [9.17, 15) is 0 Å². The zero-order valence-electron chi connectivity index (χ0n) is 7.30. The van der Waals surface area contributed by atoms with Crippen LogP contribution < -0.4 is 5.73 Å². The summed E-state index contributed by atoms with van der Waals surface area (Å²) in [6.45, 7) is 2.14. The number of aryl methyl sites for hydroxylation is 1. The summed E-state index contributed by atoms with van der Waals surface area (Å²) in [5.74, 6) is 0. The Balaban J connectivity index is 2.88. The monoisotopic (exact) mass is 255 g/mol. The van der Waals surface area contributed by atoms with E-state index in [1.165, 1.54) is 15.6 Å². The van der Waals surface area contributed by atoms with Crippen molar-refractivity contribution in [3.8, 4) is 0 Å². The van der Waals surface area contributed by atoms with Gasteiger partial charge in [0, 0.05) is 14.6 Å². The summed E-state index contributed by atoms with van der Waals surface area (Å²) in [6, 6.07) is 6.22. The van der Waals surface area contributed by atoms with Gasteiger partial charge in [-0.25, -0.2) is 0 Å². The van der Waals surface area contributed by atoms with Gasteiger partial charge in [0.2, 0.25) is 0 Å². The van der Waals surface area contributed by atoms with Crippen molar-refractivity contribution in [3.63, 3.8) is 0 Å². The van der Waals surface area contributed by atoms with Crippen LogP contribution in [-0.2, 0) is 6.42 Å². The molecule has 1 aromatic carbocycles. The number of anilines is 1. The van der Waals surface area contributed by atoms with Crippen LogP contribution in [0.2, 0.25) is 0 Å². The van der Waals surface area contributed by atoms with Gasteiger partial charge in [-0.3, -0.25) is 0 Å². The maximum Gasteiger partial charge on any atom is 0.0901 e. The third kappa shape index (κ3) is 1.36. The van der Waals surface area contributed by atoms with Crippen LogP contribution in [0, 0.1) is 0 Å². The van der Waals surface area contributed by atoms with Gasteiger partial charge in [-0.2, -0.15) is 0 Å². The first kappa shape index (κ1) is 9.03. The number of fused-ring (bicyclic) bond motifs is 1. The van der Waals surface area contributed by atoms with Crippen LogP contribution >= 0.6 is 27.3 Å². The average molecular weight is 256 g/mol. The van der Waals surface area contributed by atoms with E-state index in [1.807, 2.05) is 6.07 Å². The highest BCUT2D eigenvalue weighted by Gasteiger charge is 2.09. The molecule has 2 rings (SSSR count). The molecule has 0 saturated heterocycles. The van der Waals surface area contributed by atoms with Gasteiger partial charge in [0.05, 0.1) is 5.00 Å². The number of rotatable bonds is 1. The van der Waals surface area contributed by atoms with E-state index in [2.05, 4.69) is 35.0 Å². The van der Waals surface area contributed by atoms with Gasteiger partial charge in [-0.1, -0.05) is 28.9 Å². The van der Waals surface area contributed by atoms with Gasteiger partial charge in [-0.05, 0) is 24.1 Å². The molecule has 0 saturated carbocycles. The summed E-state index contributed by atoms with van der Waals surface area (Å²) in [6.07, 6.45) is 0.994. The lowest BCUT2D eigenvalue weighted by atomic mass is 10.1. The summed E-state index contributed by atoms with van der Waals surface area (Å²) < 4.78 is 2.42. The van der Waals surface area contributed by atoms with Gasteiger partial charge in [-0.15, -0.1) is 11.3 Å². The van der Waals surface area contributed by atoms with Crippen LogP contribution in [0.25, 0.3) is 10.1 Å². The van der Waals surface area contributed by atoms with Crippen LogP contribution in [0.1, 0.15) is 12.5 Å². The molecule has 1 nitrogen and oxygen atoms in total. The van der Waals surface area contributed by atoms with Gasteiger partial charge in [0.15, 0.2) is 0 Å². The lowest BCUT2D eigenvalue weighted by Crippen LogP contribution is -1.86. The highest BCUT2D eigenvalue weighted by molar-refractivity contribution is 9.10. The number of thiophene rings is 1. The topological polar surface area (TPSA) is 26.0 Å². The molecule has 0 aliphatic heterocycles. The first-order chi connectivity index (χ1) is 6.24. The first-order valence-electron chi connectivity index (χ1n) is 4.19. The van der Waals surface area contributed by atoms with Crippen molar-refractivity contribution < 1.29 is 0 Å². The predicted octanol–water partition coefficient (Wildman–Crippen LogP) is 3.81. The Hall–Kier alpha value is -0.540. The number of halogens is 1. The number of hydrogen-bond donors (Lipinski definition) is 1. The molecular weight excluding hydrogens is 246 g/mol. The molecule has 0 aliphatic rings. The molecule has 1 aromatic heterocycles. The number of benzene rings is 1. The van der Waals surface area contributed by atoms with Gasteiger partial charge < -0.3 is 5.73 Å². The fourth-order valence-electron chi connectivity index (χ4n) is 1.54. The molecule has 0 unspecified atom stereocenters.